The number of rotatable bonds is 6. The van der Waals surface area contributed by atoms with E-state index in [1.54, 1.807) is 10.6 Å². The van der Waals surface area contributed by atoms with Crippen molar-refractivity contribution in [1.82, 2.24) is 18.8 Å². The molecule has 2 heterocycles. The van der Waals surface area contributed by atoms with Crippen molar-refractivity contribution < 1.29 is 12.8 Å². The molecule has 2 unspecified atom stereocenters. The molecular formula is C28H28BrFN4O3S. The molecule has 0 aliphatic carbocycles. The highest BCUT2D eigenvalue weighted by Gasteiger charge is 2.37. The number of piperazine rings is 1. The van der Waals surface area contributed by atoms with Gasteiger partial charge in [0.2, 0.25) is 10.0 Å². The fourth-order valence-electron chi connectivity index (χ4n) is 5.17. The Kier molecular flexibility index (Phi) is 7.50. The molecule has 4 aromatic rings. The highest BCUT2D eigenvalue weighted by Crippen LogP contribution is 2.30. The Labute approximate surface area is 229 Å². The summed E-state index contributed by atoms with van der Waals surface area (Å²) in [7, 11) is -3.77. The minimum atomic E-state index is -3.77. The van der Waals surface area contributed by atoms with Gasteiger partial charge in [0, 0.05) is 30.1 Å². The Hall–Kier alpha value is -2.92. The maximum Gasteiger partial charge on any atom is 0.266 e. The first kappa shape index (κ1) is 26.7. The summed E-state index contributed by atoms with van der Waals surface area (Å²) < 4.78 is 44.1. The van der Waals surface area contributed by atoms with Gasteiger partial charge in [0.1, 0.15) is 11.6 Å². The number of para-hydroxylation sites is 1. The van der Waals surface area contributed by atoms with Gasteiger partial charge in [0.05, 0.1) is 27.5 Å². The maximum atomic E-state index is 13.7. The summed E-state index contributed by atoms with van der Waals surface area (Å²) in [6, 6.07) is 19.2. The van der Waals surface area contributed by atoms with Crippen LogP contribution in [0.15, 0.2) is 87.0 Å². The predicted octanol–water partition coefficient (Wildman–Crippen LogP) is 5.13. The summed E-state index contributed by atoms with van der Waals surface area (Å²) in [6.45, 7) is 5.11. The van der Waals surface area contributed by atoms with Crippen molar-refractivity contribution in [3.63, 3.8) is 0 Å². The Balaban J connectivity index is 1.52. The van der Waals surface area contributed by atoms with Gasteiger partial charge < -0.3 is 0 Å². The molecule has 5 rings (SSSR count). The SMILES string of the molecule is CCC(c1nc2ccccc2c(=O)n1-c1ccc(Br)cc1)N1CCN(S(=O)(=O)c2ccc(F)cc2)C(C)C1. The zero-order valence-electron chi connectivity index (χ0n) is 21.1. The molecule has 10 heteroatoms. The molecule has 38 heavy (non-hydrogen) atoms. The number of sulfonamides is 1. The van der Waals surface area contributed by atoms with Crippen LogP contribution in [0.1, 0.15) is 32.1 Å². The Bertz CT molecular complexity index is 1630. The van der Waals surface area contributed by atoms with Crippen LogP contribution < -0.4 is 5.56 Å². The fraction of sp³-hybridized carbons (Fsp3) is 0.286. The molecule has 2 atom stereocenters. The molecular weight excluding hydrogens is 571 g/mol. The smallest absolute Gasteiger partial charge is 0.266 e. The van der Waals surface area contributed by atoms with E-state index in [1.807, 2.05) is 56.3 Å². The molecule has 0 radical (unpaired) electrons. The lowest BCUT2D eigenvalue weighted by molar-refractivity contribution is 0.0945. The minimum Gasteiger partial charge on any atom is -0.291 e. The Morgan fingerprint density at radius 2 is 1.71 bits per heavy atom. The first-order valence-electron chi connectivity index (χ1n) is 12.5. The highest BCUT2D eigenvalue weighted by molar-refractivity contribution is 9.10. The summed E-state index contributed by atoms with van der Waals surface area (Å²) in [5, 5.41) is 0.539. The normalized spacial score (nSPS) is 18.1. The summed E-state index contributed by atoms with van der Waals surface area (Å²) in [6.07, 6.45) is 0.679. The monoisotopic (exact) mass is 598 g/mol. The van der Waals surface area contributed by atoms with E-state index in [0.29, 0.717) is 36.2 Å². The second kappa shape index (κ2) is 10.7. The van der Waals surface area contributed by atoms with Crippen molar-refractivity contribution in [1.29, 1.82) is 0 Å². The van der Waals surface area contributed by atoms with E-state index in [2.05, 4.69) is 20.8 Å². The van der Waals surface area contributed by atoms with Crippen LogP contribution in [-0.4, -0.2) is 52.9 Å². The number of nitrogens with zero attached hydrogens (tertiary/aromatic N) is 4. The second-order valence-corrected chi connectivity index (χ2v) is 12.2. The number of hydrogen-bond acceptors (Lipinski definition) is 5. The van der Waals surface area contributed by atoms with Crippen molar-refractivity contribution >= 4 is 36.9 Å². The van der Waals surface area contributed by atoms with Crippen molar-refractivity contribution in [3.8, 4) is 5.69 Å². The topological polar surface area (TPSA) is 75.5 Å². The summed E-state index contributed by atoms with van der Waals surface area (Å²) in [4.78, 5) is 21.0. The summed E-state index contributed by atoms with van der Waals surface area (Å²) in [5.41, 5.74) is 1.21. The molecule has 1 aliphatic heterocycles. The summed E-state index contributed by atoms with van der Waals surface area (Å²) >= 11 is 3.46. The average molecular weight is 600 g/mol. The molecule has 0 saturated carbocycles. The van der Waals surface area contributed by atoms with Crippen LogP contribution in [0.3, 0.4) is 0 Å². The number of hydrogen-bond donors (Lipinski definition) is 0. The van der Waals surface area contributed by atoms with Crippen LogP contribution >= 0.6 is 15.9 Å². The predicted molar refractivity (Wildman–Crippen MR) is 149 cm³/mol. The molecule has 0 spiro atoms. The van der Waals surface area contributed by atoms with Crippen molar-refractivity contribution in [2.45, 2.75) is 37.2 Å². The van der Waals surface area contributed by atoms with E-state index in [1.165, 1.54) is 16.4 Å². The third-order valence-corrected chi connectivity index (χ3v) is 9.59. The molecule has 7 nitrogen and oxygen atoms in total. The van der Waals surface area contributed by atoms with Gasteiger partial charge in [0.15, 0.2) is 0 Å². The van der Waals surface area contributed by atoms with Gasteiger partial charge in [-0.15, -0.1) is 0 Å². The van der Waals surface area contributed by atoms with Gasteiger partial charge in [-0.3, -0.25) is 14.3 Å². The lowest BCUT2D eigenvalue weighted by Gasteiger charge is -2.42. The molecule has 0 amide bonds. The zero-order valence-corrected chi connectivity index (χ0v) is 23.5. The van der Waals surface area contributed by atoms with Crippen LogP contribution in [0.2, 0.25) is 0 Å². The molecule has 1 fully saturated rings. The molecule has 1 aromatic heterocycles. The minimum absolute atomic E-state index is 0.0755. The van der Waals surface area contributed by atoms with Gasteiger partial charge in [-0.2, -0.15) is 4.31 Å². The molecule has 0 bridgehead atoms. The zero-order chi connectivity index (χ0) is 27.0. The van der Waals surface area contributed by atoms with Crippen LogP contribution in [-0.2, 0) is 10.0 Å². The first-order chi connectivity index (χ1) is 18.2. The standard InChI is InChI=1S/C28H28BrFN4O3S/c1-3-26(32-16-17-33(19(2)18-32)38(36,37)23-14-10-21(30)11-15-23)27-31-25-7-5-4-6-24(25)28(35)34(27)22-12-8-20(29)9-13-22/h4-15,19,26H,3,16-18H2,1-2H3. The molecule has 3 aromatic carbocycles. The number of benzene rings is 3. The van der Waals surface area contributed by atoms with E-state index in [-0.39, 0.29) is 29.1 Å². The van der Waals surface area contributed by atoms with E-state index in [9.17, 15) is 17.6 Å². The summed E-state index contributed by atoms with van der Waals surface area (Å²) in [5.74, 6) is 0.146. The quantitative estimate of drug-likeness (QED) is 0.307. The number of aromatic nitrogens is 2. The van der Waals surface area contributed by atoms with Crippen LogP contribution in [0.4, 0.5) is 4.39 Å². The lowest BCUT2D eigenvalue weighted by Crippen LogP contribution is -2.54. The van der Waals surface area contributed by atoms with Crippen molar-refractivity contribution in [2.75, 3.05) is 19.6 Å². The third-order valence-electron chi connectivity index (χ3n) is 7.03. The van der Waals surface area contributed by atoms with Gasteiger partial charge >= 0.3 is 0 Å². The van der Waals surface area contributed by atoms with Crippen LogP contribution in [0.5, 0.6) is 0 Å². The largest absolute Gasteiger partial charge is 0.291 e. The van der Waals surface area contributed by atoms with E-state index in [4.69, 9.17) is 4.98 Å². The van der Waals surface area contributed by atoms with E-state index < -0.39 is 15.8 Å². The maximum absolute atomic E-state index is 13.7. The van der Waals surface area contributed by atoms with Crippen molar-refractivity contribution in [3.05, 3.63) is 99.3 Å². The lowest BCUT2D eigenvalue weighted by atomic mass is 10.1. The Morgan fingerprint density at radius 1 is 1.03 bits per heavy atom. The van der Waals surface area contributed by atoms with Gasteiger partial charge in [-0.25, -0.2) is 17.8 Å². The Morgan fingerprint density at radius 3 is 2.37 bits per heavy atom. The van der Waals surface area contributed by atoms with Gasteiger partial charge in [-0.05, 0) is 74.0 Å². The fourth-order valence-corrected chi connectivity index (χ4v) is 7.05. The molecule has 1 saturated heterocycles. The number of fused-ring (bicyclic) bond motifs is 1. The van der Waals surface area contributed by atoms with E-state index >= 15 is 0 Å². The molecule has 198 valence electrons. The highest BCUT2D eigenvalue weighted by atomic mass is 79.9. The first-order valence-corrected chi connectivity index (χ1v) is 14.7. The van der Waals surface area contributed by atoms with Gasteiger partial charge in [0.25, 0.3) is 5.56 Å². The van der Waals surface area contributed by atoms with Crippen LogP contribution in [0.25, 0.3) is 16.6 Å². The molecule has 1 aliphatic rings. The van der Waals surface area contributed by atoms with Crippen LogP contribution in [0, 0.1) is 5.82 Å². The third kappa shape index (κ3) is 4.93. The average Bonchev–Trinajstić information content (AvgIpc) is 2.90. The van der Waals surface area contributed by atoms with E-state index in [0.717, 1.165) is 22.3 Å². The van der Waals surface area contributed by atoms with Gasteiger partial charge in [-0.1, -0.05) is 35.0 Å². The molecule has 0 N–H and O–H groups in total. The number of halogens is 2. The second-order valence-electron chi connectivity index (χ2n) is 9.44. The van der Waals surface area contributed by atoms with Crippen molar-refractivity contribution in [2.24, 2.45) is 0 Å².